The van der Waals surface area contributed by atoms with E-state index in [9.17, 15) is 14.7 Å². The second-order valence-corrected chi connectivity index (χ2v) is 6.69. The van der Waals surface area contributed by atoms with Crippen LogP contribution in [0.2, 0.25) is 0 Å². The fraction of sp³-hybridized carbons (Fsp3) is 0.867. The SMILES string of the molecule is O=C(NCC1(O)CCC1)C1CCCN(C(=O)C2CC2)C1. The minimum absolute atomic E-state index is 0.00128. The van der Waals surface area contributed by atoms with Gasteiger partial charge < -0.3 is 15.3 Å². The smallest absolute Gasteiger partial charge is 0.225 e. The molecule has 3 fully saturated rings. The summed E-state index contributed by atoms with van der Waals surface area (Å²) in [6, 6.07) is 0. The molecule has 0 bridgehead atoms. The van der Waals surface area contributed by atoms with Crippen molar-refractivity contribution in [2.75, 3.05) is 19.6 Å². The Morgan fingerprint density at radius 2 is 1.90 bits per heavy atom. The van der Waals surface area contributed by atoms with E-state index >= 15 is 0 Å². The molecule has 5 nitrogen and oxygen atoms in total. The monoisotopic (exact) mass is 280 g/mol. The van der Waals surface area contributed by atoms with E-state index in [0.717, 1.165) is 51.5 Å². The fourth-order valence-corrected chi connectivity index (χ4v) is 3.14. The Balaban J connectivity index is 1.48. The van der Waals surface area contributed by atoms with Crippen LogP contribution in [0.5, 0.6) is 0 Å². The van der Waals surface area contributed by atoms with Crippen LogP contribution in [-0.2, 0) is 9.59 Å². The second-order valence-electron chi connectivity index (χ2n) is 6.69. The highest BCUT2D eigenvalue weighted by atomic mass is 16.3. The Bertz CT molecular complexity index is 402. The van der Waals surface area contributed by atoms with E-state index in [4.69, 9.17) is 0 Å². The van der Waals surface area contributed by atoms with Gasteiger partial charge in [0.15, 0.2) is 0 Å². The number of likely N-dealkylation sites (tertiary alicyclic amines) is 1. The minimum atomic E-state index is -0.673. The number of rotatable bonds is 4. The van der Waals surface area contributed by atoms with E-state index in [0.29, 0.717) is 13.1 Å². The molecule has 2 N–H and O–H groups in total. The van der Waals surface area contributed by atoms with Gasteiger partial charge in [-0.2, -0.15) is 0 Å². The summed E-state index contributed by atoms with van der Waals surface area (Å²) >= 11 is 0. The van der Waals surface area contributed by atoms with E-state index < -0.39 is 5.60 Å². The lowest BCUT2D eigenvalue weighted by atomic mass is 9.80. The lowest BCUT2D eigenvalue weighted by Crippen LogP contribution is -2.51. The average Bonchev–Trinajstić information content (AvgIpc) is 3.26. The van der Waals surface area contributed by atoms with Crippen LogP contribution < -0.4 is 5.32 Å². The second kappa shape index (κ2) is 5.35. The summed E-state index contributed by atoms with van der Waals surface area (Å²) in [5, 5.41) is 12.9. The number of carbonyl (C=O) groups is 2. The molecule has 1 saturated heterocycles. The topological polar surface area (TPSA) is 69.6 Å². The molecule has 2 aliphatic carbocycles. The van der Waals surface area contributed by atoms with Crippen LogP contribution in [0.4, 0.5) is 0 Å². The summed E-state index contributed by atoms with van der Waals surface area (Å²) in [5.74, 6) is 0.362. The van der Waals surface area contributed by atoms with Crippen molar-refractivity contribution in [2.45, 2.75) is 50.5 Å². The first-order valence-electron chi connectivity index (χ1n) is 7.86. The van der Waals surface area contributed by atoms with Crippen molar-refractivity contribution < 1.29 is 14.7 Å². The van der Waals surface area contributed by atoms with Gasteiger partial charge in [0.2, 0.25) is 11.8 Å². The van der Waals surface area contributed by atoms with Crippen molar-refractivity contribution >= 4 is 11.8 Å². The summed E-state index contributed by atoms with van der Waals surface area (Å²) in [5.41, 5.74) is -0.673. The molecule has 1 heterocycles. The van der Waals surface area contributed by atoms with E-state index in [2.05, 4.69) is 5.32 Å². The largest absolute Gasteiger partial charge is 0.388 e. The summed E-state index contributed by atoms with van der Waals surface area (Å²) in [7, 11) is 0. The third kappa shape index (κ3) is 2.97. The van der Waals surface area contributed by atoms with Gasteiger partial charge in [0.1, 0.15) is 0 Å². The van der Waals surface area contributed by atoms with Crippen LogP contribution in [0.3, 0.4) is 0 Å². The van der Waals surface area contributed by atoms with Crippen LogP contribution in [0.15, 0.2) is 0 Å². The molecule has 0 aromatic heterocycles. The number of piperidine rings is 1. The zero-order valence-electron chi connectivity index (χ0n) is 11.9. The number of amides is 2. The Labute approximate surface area is 119 Å². The van der Waals surface area contributed by atoms with Crippen LogP contribution >= 0.6 is 0 Å². The number of hydrogen-bond donors (Lipinski definition) is 2. The van der Waals surface area contributed by atoms with Crippen molar-refractivity contribution in [2.24, 2.45) is 11.8 Å². The number of hydrogen-bond acceptors (Lipinski definition) is 3. The number of aliphatic hydroxyl groups is 1. The molecule has 20 heavy (non-hydrogen) atoms. The van der Waals surface area contributed by atoms with Crippen LogP contribution in [0.1, 0.15) is 44.9 Å². The molecule has 1 atom stereocenters. The van der Waals surface area contributed by atoms with Gasteiger partial charge in [-0.25, -0.2) is 0 Å². The van der Waals surface area contributed by atoms with Crippen LogP contribution in [0, 0.1) is 11.8 Å². The van der Waals surface area contributed by atoms with Crippen LogP contribution in [0.25, 0.3) is 0 Å². The number of carbonyl (C=O) groups excluding carboxylic acids is 2. The van der Waals surface area contributed by atoms with Crippen molar-refractivity contribution in [1.29, 1.82) is 0 Å². The molecule has 2 amide bonds. The first kappa shape index (κ1) is 13.9. The highest BCUT2D eigenvalue weighted by Gasteiger charge is 2.38. The predicted octanol–water partition coefficient (Wildman–Crippen LogP) is 0.666. The quantitative estimate of drug-likeness (QED) is 0.795. The zero-order valence-corrected chi connectivity index (χ0v) is 11.9. The van der Waals surface area contributed by atoms with Gasteiger partial charge in [-0.15, -0.1) is 0 Å². The first-order valence-corrected chi connectivity index (χ1v) is 7.86. The Hall–Kier alpha value is -1.10. The highest BCUT2D eigenvalue weighted by molar-refractivity contribution is 5.83. The molecular weight excluding hydrogens is 256 g/mol. The maximum atomic E-state index is 12.2. The normalized spacial score (nSPS) is 28.6. The molecule has 3 aliphatic rings. The van der Waals surface area contributed by atoms with Gasteiger partial charge in [0, 0.05) is 25.6 Å². The molecule has 0 aromatic carbocycles. The third-order valence-electron chi connectivity index (χ3n) is 4.91. The van der Waals surface area contributed by atoms with Crippen molar-refractivity contribution in [1.82, 2.24) is 10.2 Å². The molecule has 0 aromatic rings. The molecule has 3 rings (SSSR count). The van der Waals surface area contributed by atoms with Crippen molar-refractivity contribution in [3.05, 3.63) is 0 Å². The maximum absolute atomic E-state index is 12.2. The maximum Gasteiger partial charge on any atom is 0.225 e. The predicted molar refractivity (Wildman–Crippen MR) is 73.8 cm³/mol. The van der Waals surface area contributed by atoms with Crippen molar-refractivity contribution in [3.8, 4) is 0 Å². The van der Waals surface area contributed by atoms with E-state index in [1.54, 1.807) is 0 Å². The number of nitrogens with one attached hydrogen (secondary N) is 1. The Kier molecular flexibility index (Phi) is 3.71. The molecule has 112 valence electrons. The fourth-order valence-electron chi connectivity index (χ4n) is 3.14. The molecule has 1 unspecified atom stereocenters. The van der Waals surface area contributed by atoms with Gasteiger partial charge in [-0.3, -0.25) is 9.59 Å². The van der Waals surface area contributed by atoms with Gasteiger partial charge in [-0.1, -0.05) is 0 Å². The molecule has 1 aliphatic heterocycles. The molecule has 0 radical (unpaired) electrons. The van der Waals surface area contributed by atoms with Crippen LogP contribution in [-0.4, -0.2) is 47.1 Å². The summed E-state index contributed by atoms with van der Waals surface area (Å²) < 4.78 is 0. The van der Waals surface area contributed by atoms with Gasteiger partial charge in [0.25, 0.3) is 0 Å². The standard InChI is InChI=1S/C15H24N2O3/c18-13(16-10-15(20)6-2-7-15)12-3-1-8-17(9-12)14(19)11-4-5-11/h11-12,20H,1-10H2,(H,16,18). The molecule has 2 saturated carbocycles. The van der Waals surface area contributed by atoms with Gasteiger partial charge in [0.05, 0.1) is 11.5 Å². The molecule has 0 spiro atoms. The lowest BCUT2D eigenvalue weighted by molar-refractivity contribution is -0.137. The Morgan fingerprint density at radius 1 is 1.15 bits per heavy atom. The van der Waals surface area contributed by atoms with E-state index in [-0.39, 0.29) is 23.7 Å². The van der Waals surface area contributed by atoms with Gasteiger partial charge in [-0.05, 0) is 44.9 Å². The Morgan fingerprint density at radius 3 is 2.50 bits per heavy atom. The van der Waals surface area contributed by atoms with Gasteiger partial charge >= 0.3 is 0 Å². The van der Waals surface area contributed by atoms with Crippen molar-refractivity contribution in [3.63, 3.8) is 0 Å². The summed E-state index contributed by atoms with van der Waals surface area (Å²) in [6.07, 6.45) is 6.38. The molecular formula is C15H24N2O3. The lowest BCUT2D eigenvalue weighted by Gasteiger charge is -2.37. The summed E-state index contributed by atoms with van der Waals surface area (Å²) in [4.78, 5) is 26.1. The van der Waals surface area contributed by atoms with E-state index in [1.807, 2.05) is 4.90 Å². The molecule has 5 heteroatoms. The zero-order chi connectivity index (χ0) is 14.2. The average molecular weight is 280 g/mol. The number of nitrogens with zero attached hydrogens (tertiary/aromatic N) is 1. The minimum Gasteiger partial charge on any atom is -0.388 e. The first-order chi connectivity index (χ1) is 9.57. The highest BCUT2D eigenvalue weighted by Crippen LogP contribution is 2.33. The summed E-state index contributed by atoms with van der Waals surface area (Å²) in [6.45, 7) is 1.71. The van der Waals surface area contributed by atoms with E-state index in [1.165, 1.54) is 0 Å². The third-order valence-corrected chi connectivity index (χ3v) is 4.91.